The lowest BCUT2D eigenvalue weighted by molar-refractivity contribution is 0.115. The first-order valence-electron chi connectivity index (χ1n) is 6.57. The maximum atomic E-state index is 5.71. The molecule has 2 rings (SSSR count). The maximum absolute atomic E-state index is 5.71. The van der Waals surface area contributed by atoms with Crippen LogP contribution >= 0.6 is 28.1 Å². The fraction of sp³-hybridized carbons (Fsp3) is 0.500. The van der Waals surface area contributed by atoms with Gasteiger partial charge in [0.1, 0.15) is 4.99 Å². The summed E-state index contributed by atoms with van der Waals surface area (Å²) in [4.78, 5) is 2.75. The number of ether oxygens (including phenoxy) is 1. The van der Waals surface area contributed by atoms with Gasteiger partial charge >= 0.3 is 0 Å². The van der Waals surface area contributed by atoms with Crippen LogP contribution in [-0.2, 0) is 4.74 Å². The number of nitrogens with two attached hydrogens (primary N) is 1. The van der Waals surface area contributed by atoms with E-state index in [1.54, 1.807) is 0 Å². The lowest BCUT2D eigenvalue weighted by Crippen LogP contribution is -2.32. The quantitative estimate of drug-likeness (QED) is 0.834. The highest BCUT2D eigenvalue weighted by molar-refractivity contribution is 9.10. The van der Waals surface area contributed by atoms with Crippen molar-refractivity contribution in [2.24, 2.45) is 5.73 Å². The molecule has 1 aromatic carbocycles. The predicted octanol–water partition coefficient (Wildman–Crippen LogP) is 3.09. The smallest absolute Gasteiger partial charge is 0.104 e. The molecule has 0 amide bonds. The van der Waals surface area contributed by atoms with Gasteiger partial charge in [-0.05, 0) is 53.9 Å². The maximum Gasteiger partial charge on any atom is 0.104 e. The summed E-state index contributed by atoms with van der Waals surface area (Å²) in [6, 6.07) is 6.02. The van der Waals surface area contributed by atoms with E-state index in [1.807, 2.05) is 12.1 Å². The minimum absolute atomic E-state index is 0.349. The molecule has 0 spiro atoms. The lowest BCUT2D eigenvalue weighted by Gasteiger charge is -2.27. The standard InChI is InChI=1S/C14H19BrN2OS/c1-2-17(9-11-4-3-7-18-11)13-6-5-10(14(16)19)8-12(13)15/h5-6,8,11H,2-4,7,9H2,1H3,(H2,16,19). The summed E-state index contributed by atoms with van der Waals surface area (Å²) in [5, 5.41) is 0. The van der Waals surface area contributed by atoms with Crippen molar-refractivity contribution in [3.05, 3.63) is 28.2 Å². The van der Waals surface area contributed by atoms with Gasteiger partial charge in [0.25, 0.3) is 0 Å². The van der Waals surface area contributed by atoms with Crippen LogP contribution in [0.5, 0.6) is 0 Å². The minimum Gasteiger partial charge on any atom is -0.389 e. The van der Waals surface area contributed by atoms with Crippen LogP contribution in [0.3, 0.4) is 0 Å². The normalized spacial score (nSPS) is 18.5. The number of benzene rings is 1. The van der Waals surface area contributed by atoms with E-state index in [4.69, 9.17) is 22.7 Å². The fourth-order valence-corrected chi connectivity index (χ4v) is 3.11. The molecule has 1 unspecified atom stereocenters. The molecule has 1 aliphatic rings. The van der Waals surface area contributed by atoms with Crippen LogP contribution in [0.1, 0.15) is 25.3 Å². The van der Waals surface area contributed by atoms with E-state index < -0.39 is 0 Å². The van der Waals surface area contributed by atoms with Gasteiger partial charge in [0.05, 0.1) is 11.8 Å². The van der Waals surface area contributed by atoms with E-state index in [0.29, 0.717) is 11.1 Å². The number of likely N-dealkylation sites (N-methyl/N-ethyl adjacent to an activating group) is 1. The Labute approximate surface area is 128 Å². The van der Waals surface area contributed by atoms with Crippen molar-refractivity contribution in [1.29, 1.82) is 0 Å². The first-order chi connectivity index (χ1) is 9.11. The molecule has 5 heteroatoms. The predicted molar refractivity (Wildman–Crippen MR) is 86.9 cm³/mol. The molecule has 0 aliphatic carbocycles. The van der Waals surface area contributed by atoms with Crippen molar-refractivity contribution in [3.63, 3.8) is 0 Å². The molecule has 0 bridgehead atoms. The van der Waals surface area contributed by atoms with Gasteiger partial charge in [-0.1, -0.05) is 12.2 Å². The molecule has 1 fully saturated rings. The Morgan fingerprint density at radius 3 is 2.89 bits per heavy atom. The van der Waals surface area contributed by atoms with Crippen LogP contribution in [0.4, 0.5) is 5.69 Å². The van der Waals surface area contributed by atoms with Crippen LogP contribution in [0, 0.1) is 0 Å². The van der Waals surface area contributed by atoms with E-state index >= 15 is 0 Å². The zero-order valence-corrected chi connectivity index (χ0v) is 13.5. The highest BCUT2D eigenvalue weighted by atomic mass is 79.9. The molecule has 1 atom stereocenters. The zero-order chi connectivity index (χ0) is 13.8. The molecule has 0 radical (unpaired) electrons. The summed E-state index contributed by atoms with van der Waals surface area (Å²) >= 11 is 8.61. The molecule has 3 nitrogen and oxygen atoms in total. The summed E-state index contributed by atoms with van der Waals surface area (Å²) in [5.74, 6) is 0. The molecule has 0 aromatic heterocycles. The van der Waals surface area contributed by atoms with Crippen LogP contribution in [0.25, 0.3) is 0 Å². The first-order valence-corrected chi connectivity index (χ1v) is 7.78. The molecule has 104 valence electrons. The highest BCUT2D eigenvalue weighted by Gasteiger charge is 2.20. The van der Waals surface area contributed by atoms with Gasteiger partial charge in [0.2, 0.25) is 0 Å². The molecule has 19 heavy (non-hydrogen) atoms. The van der Waals surface area contributed by atoms with Crippen molar-refractivity contribution in [2.75, 3.05) is 24.6 Å². The second-order valence-corrected chi connectivity index (χ2v) is 6.00. The second-order valence-electron chi connectivity index (χ2n) is 4.70. The van der Waals surface area contributed by atoms with Crippen LogP contribution in [0.2, 0.25) is 0 Å². The van der Waals surface area contributed by atoms with Gasteiger partial charge in [-0.3, -0.25) is 0 Å². The number of hydrogen-bond donors (Lipinski definition) is 1. The zero-order valence-electron chi connectivity index (χ0n) is 11.1. The average Bonchev–Trinajstić information content (AvgIpc) is 2.89. The minimum atomic E-state index is 0.349. The molecule has 2 N–H and O–H groups in total. The van der Waals surface area contributed by atoms with E-state index in [-0.39, 0.29) is 0 Å². The number of hydrogen-bond acceptors (Lipinski definition) is 3. The van der Waals surface area contributed by atoms with Gasteiger partial charge in [-0.2, -0.15) is 0 Å². The molecule has 1 aliphatic heterocycles. The fourth-order valence-electron chi connectivity index (χ4n) is 2.35. The van der Waals surface area contributed by atoms with Crippen LogP contribution in [-0.4, -0.2) is 30.8 Å². The number of thiocarbonyl (C=S) groups is 1. The topological polar surface area (TPSA) is 38.5 Å². The summed E-state index contributed by atoms with van der Waals surface area (Å²) < 4.78 is 6.74. The molecular weight excluding hydrogens is 324 g/mol. The lowest BCUT2D eigenvalue weighted by atomic mass is 10.1. The van der Waals surface area contributed by atoms with Crippen LogP contribution < -0.4 is 10.6 Å². The number of halogens is 1. The van der Waals surface area contributed by atoms with Gasteiger partial charge in [-0.15, -0.1) is 0 Å². The molecule has 1 heterocycles. The Morgan fingerprint density at radius 2 is 2.37 bits per heavy atom. The third-order valence-corrected chi connectivity index (χ3v) is 4.27. The summed E-state index contributed by atoms with van der Waals surface area (Å²) in [7, 11) is 0. The second kappa shape index (κ2) is 6.68. The molecule has 0 saturated carbocycles. The number of rotatable bonds is 5. The van der Waals surface area contributed by atoms with E-state index in [1.165, 1.54) is 6.42 Å². The summed E-state index contributed by atoms with van der Waals surface area (Å²) in [6.45, 7) is 4.93. The van der Waals surface area contributed by atoms with Crippen molar-refractivity contribution in [3.8, 4) is 0 Å². The third-order valence-electron chi connectivity index (χ3n) is 3.40. The van der Waals surface area contributed by atoms with Crippen LogP contribution in [0.15, 0.2) is 22.7 Å². The Hall–Kier alpha value is -0.650. The molecule has 1 aromatic rings. The van der Waals surface area contributed by atoms with E-state index in [0.717, 1.165) is 41.8 Å². The molecule has 1 saturated heterocycles. The highest BCUT2D eigenvalue weighted by Crippen LogP contribution is 2.28. The summed E-state index contributed by atoms with van der Waals surface area (Å²) in [5.41, 5.74) is 7.70. The van der Waals surface area contributed by atoms with Crippen molar-refractivity contribution < 1.29 is 4.74 Å². The Balaban J connectivity index is 2.15. The number of anilines is 1. The number of nitrogens with zero attached hydrogens (tertiary/aromatic N) is 1. The van der Waals surface area contributed by atoms with Crippen molar-refractivity contribution in [2.45, 2.75) is 25.9 Å². The van der Waals surface area contributed by atoms with E-state index in [2.05, 4.69) is 33.8 Å². The monoisotopic (exact) mass is 342 g/mol. The van der Waals surface area contributed by atoms with E-state index in [9.17, 15) is 0 Å². The van der Waals surface area contributed by atoms with Gasteiger partial charge in [-0.25, -0.2) is 0 Å². The first kappa shape index (κ1) is 14.8. The Kier molecular flexibility index (Phi) is 5.19. The SMILES string of the molecule is CCN(CC1CCCO1)c1ccc(C(N)=S)cc1Br. The average molecular weight is 343 g/mol. The van der Waals surface area contributed by atoms with Gasteiger partial charge in [0.15, 0.2) is 0 Å². The third kappa shape index (κ3) is 3.68. The largest absolute Gasteiger partial charge is 0.389 e. The van der Waals surface area contributed by atoms with Crippen molar-refractivity contribution in [1.82, 2.24) is 0 Å². The van der Waals surface area contributed by atoms with Gasteiger partial charge < -0.3 is 15.4 Å². The Bertz CT molecular complexity index is 461. The molecular formula is C14H19BrN2OS. The van der Waals surface area contributed by atoms with Crippen molar-refractivity contribution >= 4 is 38.8 Å². The Morgan fingerprint density at radius 1 is 1.58 bits per heavy atom. The summed E-state index contributed by atoms with van der Waals surface area (Å²) in [6.07, 6.45) is 2.67. The van der Waals surface area contributed by atoms with Gasteiger partial charge in [0, 0.05) is 29.7 Å².